The third-order valence-corrected chi connectivity index (χ3v) is 5.63. The molecule has 23 heavy (non-hydrogen) atoms. The zero-order valence-corrected chi connectivity index (χ0v) is 14.5. The number of likely N-dealkylation sites (tertiary alicyclic amines) is 1. The van der Waals surface area contributed by atoms with Crippen molar-refractivity contribution in [1.29, 1.82) is 0 Å². The molecule has 126 valence electrons. The molecule has 0 bridgehead atoms. The van der Waals surface area contributed by atoms with Crippen LogP contribution in [0.5, 0.6) is 0 Å². The summed E-state index contributed by atoms with van der Waals surface area (Å²) in [6.07, 6.45) is 4.54. The van der Waals surface area contributed by atoms with Crippen LogP contribution >= 0.6 is 11.8 Å². The number of benzene rings is 1. The molecule has 2 aliphatic heterocycles. The summed E-state index contributed by atoms with van der Waals surface area (Å²) < 4.78 is 0. The van der Waals surface area contributed by atoms with Crippen molar-refractivity contribution in [3.05, 3.63) is 29.8 Å². The van der Waals surface area contributed by atoms with E-state index in [0.29, 0.717) is 12.5 Å². The molecule has 4 nitrogen and oxygen atoms in total. The van der Waals surface area contributed by atoms with Gasteiger partial charge in [0.25, 0.3) is 0 Å². The molecular formula is C18H27N3OS. The highest BCUT2D eigenvalue weighted by molar-refractivity contribution is 7.99. The molecule has 1 aromatic rings. The number of thioether (sulfide) groups is 1. The number of hydrogen-bond acceptors (Lipinski definition) is 4. The van der Waals surface area contributed by atoms with Crippen molar-refractivity contribution in [3.63, 3.8) is 0 Å². The van der Waals surface area contributed by atoms with Crippen LogP contribution in [0.25, 0.3) is 0 Å². The summed E-state index contributed by atoms with van der Waals surface area (Å²) in [5.41, 5.74) is 2.21. The van der Waals surface area contributed by atoms with Gasteiger partial charge >= 0.3 is 0 Å². The minimum Gasteiger partial charge on any atom is -0.326 e. The molecule has 0 aliphatic carbocycles. The fourth-order valence-corrected chi connectivity index (χ4v) is 4.26. The van der Waals surface area contributed by atoms with Gasteiger partial charge < -0.3 is 10.6 Å². The van der Waals surface area contributed by atoms with E-state index >= 15 is 0 Å². The topological polar surface area (TPSA) is 44.4 Å². The average Bonchev–Trinajstić information content (AvgIpc) is 2.57. The second-order valence-corrected chi connectivity index (χ2v) is 7.67. The lowest BCUT2D eigenvalue weighted by Gasteiger charge is -2.26. The standard InChI is InChI=1S/C18H27N3OS/c22-18(12-17-14-23-10-7-19-17)20-16-6-4-5-15(11-16)13-21-8-2-1-3-9-21/h4-6,11,17,19H,1-3,7-10,12-14H2,(H,20,22). The fraction of sp³-hybridized carbons (Fsp3) is 0.611. The Morgan fingerprint density at radius 1 is 1.30 bits per heavy atom. The Balaban J connectivity index is 1.50. The second-order valence-electron chi connectivity index (χ2n) is 6.52. The molecule has 2 N–H and O–H groups in total. The molecule has 0 aromatic heterocycles. The Hall–Kier alpha value is -1.04. The maximum absolute atomic E-state index is 12.2. The Morgan fingerprint density at radius 3 is 2.96 bits per heavy atom. The minimum atomic E-state index is 0.111. The van der Waals surface area contributed by atoms with E-state index < -0.39 is 0 Å². The summed E-state index contributed by atoms with van der Waals surface area (Å²) in [4.78, 5) is 14.7. The summed E-state index contributed by atoms with van der Waals surface area (Å²) >= 11 is 1.93. The molecule has 5 heteroatoms. The number of carbonyl (C=O) groups excluding carboxylic acids is 1. The monoisotopic (exact) mass is 333 g/mol. The van der Waals surface area contributed by atoms with E-state index in [-0.39, 0.29) is 5.91 Å². The van der Waals surface area contributed by atoms with Crippen LogP contribution in [0.1, 0.15) is 31.2 Å². The lowest BCUT2D eigenvalue weighted by atomic mass is 10.1. The smallest absolute Gasteiger partial charge is 0.225 e. The van der Waals surface area contributed by atoms with Gasteiger partial charge in [0.1, 0.15) is 0 Å². The first-order valence-corrected chi connectivity index (χ1v) is 9.87. The molecule has 1 aromatic carbocycles. The van der Waals surface area contributed by atoms with E-state index in [1.54, 1.807) is 0 Å². The molecule has 3 rings (SSSR count). The van der Waals surface area contributed by atoms with E-state index in [1.807, 2.05) is 23.9 Å². The molecule has 1 amide bonds. The van der Waals surface area contributed by atoms with Crippen molar-refractivity contribution in [2.24, 2.45) is 0 Å². The largest absolute Gasteiger partial charge is 0.326 e. The molecule has 0 saturated carbocycles. The Bertz CT molecular complexity index is 511. The molecule has 2 saturated heterocycles. The number of nitrogens with one attached hydrogen (secondary N) is 2. The number of piperidine rings is 1. The number of amides is 1. The first-order valence-electron chi connectivity index (χ1n) is 8.72. The molecule has 1 unspecified atom stereocenters. The highest BCUT2D eigenvalue weighted by Gasteiger charge is 2.17. The highest BCUT2D eigenvalue weighted by atomic mass is 32.2. The van der Waals surface area contributed by atoms with Gasteiger partial charge in [-0.25, -0.2) is 0 Å². The zero-order valence-electron chi connectivity index (χ0n) is 13.7. The predicted octanol–water partition coefficient (Wildman–Crippen LogP) is 2.71. The maximum atomic E-state index is 12.2. The number of rotatable bonds is 5. The predicted molar refractivity (Wildman–Crippen MR) is 97.9 cm³/mol. The summed E-state index contributed by atoms with van der Waals surface area (Å²) in [5.74, 6) is 2.29. The van der Waals surface area contributed by atoms with Crippen LogP contribution in [-0.4, -0.2) is 48.0 Å². The van der Waals surface area contributed by atoms with E-state index in [1.165, 1.54) is 37.9 Å². The summed E-state index contributed by atoms with van der Waals surface area (Å²) in [5, 5.41) is 6.47. The minimum absolute atomic E-state index is 0.111. The summed E-state index contributed by atoms with van der Waals surface area (Å²) in [6.45, 7) is 4.39. The maximum Gasteiger partial charge on any atom is 0.225 e. The quantitative estimate of drug-likeness (QED) is 0.870. The molecule has 2 aliphatic rings. The number of anilines is 1. The fourth-order valence-electron chi connectivity index (χ4n) is 3.31. The molecular weight excluding hydrogens is 306 g/mol. The SMILES string of the molecule is O=C(CC1CSCCN1)Nc1cccc(CN2CCCCC2)c1. The van der Waals surface area contributed by atoms with Gasteiger partial charge in [0.2, 0.25) is 5.91 Å². The zero-order chi connectivity index (χ0) is 15.9. The number of carbonyl (C=O) groups is 1. The first kappa shape index (κ1) is 16.8. The molecule has 1 atom stereocenters. The van der Waals surface area contributed by atoms with Crippen molar-refractivity contribution in [1.82, 2.24) is 10.2 Å². The van der Waals surface area contributed by atoms with Crippen LogP contribution < -0.4 is 10.6 Å². The summed E-state index contributed by atoms with van der Waals surface area (Å²) in [7, 11) is 0. The Morgan fingerprint density at radius 2 is 2.17 bits per heavy atom. The van der Waals surface area contributed by atoms with Crippen LogP contribution in [-0.2, 0) is 11.3 Å². The lowest BCUT2D eigenvalue weighted by molar-refractivity contribution is -0.116. The summed E-state index contributed by atoms with van der Waals surface area (Å²) in [6, 6.07) is 8.62. The number of nitrogens with zero attached hydrogens (tertiary/aromatic N) is 1. The molecule has 0 radical (unpaired) electrons. The van der Waals surface area contributed by atoms with Gasteiger partial charge in [0, 0.05) is 42.7 Å². The van der Waals surface area contributed by atoms with Gasteiger partial charge in [0.05, 0.1) is 0 Å². The van der Waals surface area contributed by atoms with Gasteiger partial charge in [-0.2, -0.15) is 11.8 Å². The van der Waals surface area contributed by atoms with Crippen molar-refractivity contribution < 1.29 is 4.79 Å². The van der Waals surface area contributed by atoms with Crippen molar-refractivity contribution in [2.75, 3.05) is 36.5 Å². The second kappa shape index (κ2) is 8.71. The van der Waals surface area contributed by atoms with Gasteiger partial charge in [-0.15, -0.1) is 0 Å². The van der Waals surface area contributed by atoms with Crippen LogP contribution in [0.2, 0.25) is 0 Å². The van der Waals surface area contributed by atoms with Crippen molar-refractivity contribution in [2.45, 2.75) is 38.3 Å². The van der Waals surface area contributed by atoms with E-state index in [0.717, 1.165) is 30.3 Å². The molecule has 2 heterocycles. The van der Waals surface area contributed by atoms with Gasteiger partial charge in [0.15, 0.2) is 0 Å². The molecule has 0 spiro atoms. The van der Waals surface area contributed by atoms with Crippen molar-refractivity contribution >= 4 is 23.4 Å². The van der Waals surface area contributed by atoms with Gasteiger partial charge in [-0.1, -0.05) is 18.6 Å². The Labute approximate surface area is 143 Å². The normalized spacial score (nSPS) is 22.7. The van der Waals surface area contributed by atoms with Crippen LogP contribution in [0.3, 0.4) is 0 Å². The highest BCUT2D eigenvalue weighted by Crippen LogP contribution is 2.17. The average molecular weight is 334 g/mol. The first-order chi connectivity index (χ1) is 11.3. The Kier molecular flexibility index (Phi) is 6.37. The van der Waals surface area contributed by atoms with Crippen LogP contribution in [0.15, 0.2) is 24.3 Å². The van der Waals surface area contributed by atoms with Crippen LogP contribution in [0, 0.1) is 0 Å². The van der Waals surface area contributed by atoms with Gasteiger partial charge in [-0.05, 0) is 43.6 Å². The van der Waals surface area contributed by atoms with Gasteiger partial charge in [-0.3, -0.25) is 9.69 Å². The van der Waals surface area contributed by atoms with Crippen molar-refractivity contribution in [3.8, 4) is 0 Å². The van der Waals surface area contributed by atoms with Crippen LogP contribution in [0.4, 0.5) is 5.69 Å². The van der Waals surface area contributed by atoms with E-state index in [4.69, 9.17) is 0 Å². The molecule has 2 fully saturated rings. The van der Waals surface area contributed by atoms with E-state index in [2.05, 4.69) is 27.7 Å². The number of hydrogen-bond donors (Lipinski definition) is 2. The lowest BCUT2D eigenvalue weighted by Crippen LogP contribution is -2.39. The van der Waals surface area contributed by atoms with E-state index in [9.17, 15) is 4.79 Å². The third kappa shape index (κ3) is 5.52. The third-order valence-electron chi connectivity index (χ3n) is 4.50.